The van der Waals surface area contributed by atoms with Crippen molar-refractivity contribution in [1.82, 2.24) is 19.9 Å². The molecule has 8 heteroatoms. The second-order valence-electron chi connectivity index (χ2n) is 7.72. The summed E-state index contributed by atoms with van der Waals surface area (Å²) in [5, 5.41) is 9.87. The van der Waals surface area contributed by atoms with Gasteiger partial charge >= 0.3 is 5.97 Å². The van der Waals surface area contributed by atoms with Gasteiger partial charge in [0, 0.05) is 35.6 Å². The first-order chi connectivity index (χ1) is 15.9. The maximum absolute atomic E-state index is 11.5. The van der Waals surface area contributed by atoms with E-state index in [4.69, 9.17) is 21.3 Å². The van der Waals surface area contributed by atoms with E-state index in [1.807, 2.05) is 50.5 Å². The fraction of sp³-hybridized carbons (Fsp3) is 0.160. The number of carbonyl (C=O) groups is 1. The summed E-state index contributed by atoms with van der Waals surface area (Å²) < 4.78 is 5.77. The van der Waals surface area contributed by atoms with E-state index in [0.29, 0.717) is 34.4 Å². The van der Waals surface area contributed by atoms with Gasteiger partial charge in [0.2, 0.25) is 0 Å². The van der Waals surface area contributed by atoms with E-state index in [-0.39, 0.29) is 5.56 Å². The standard InChI is InChI=1S/C25H23ClN4O3/c1-30(2)13-14-33-19-6-3-17(4-7-19)24-28-22(16-9-11-27-12-10-16)23(29-24)20-15-18(25(31)32)5-8-21(20)26/h3-12,15H,13-14H2,1-2H3,(H,28,29)(H,31,32). The second-order valence-corrected chi connectivity index (χ2v) is 8.13. The molecule has 2 N–H and O–H groups in total. The van der Waals surface area contributed by atoms with Gasteiger partial charge in [0.15, 0.2) is 0 Å². The summed E-state index contributed by atoms with van der Waals surface area (Å²) in [6.45, 7) is 1.43. The molecular formula is C25H23ClN4O3. The summed E-state index contributed by atoms with van der Waals surface area (Å²) in [6.07, 6.45) is 3.37. The van der Waals surface area contributed by atoms with E-state index in [2.05, 4.69) is 14.9 Å². The number of rotatable bonds is 8. The molecule has 0 fully saturated rings. The lowest BCUT2D eigenvalue weighted by molar-refractivity contribution is 0.0697. The molecule has 0 spiro atoms. The van der Waals surface area contributed by atoms with Gasteiger partial charge in [0.25, 0.3) is 0 Å². The molecular weight excluding hydrogens is 440 g/mol. The minimum atomic E-state index is -1.03. The molecule has 168 valence electrons. The van der Waals surface area contributed by atoms with Gasteiger partial charge in [-0.1, -0.05) is 11.6 Å². The number of hydrogen-bond donors (Lipinski definition) is 2. The molecule has 0 bridgehead atoms. The highest BCUT2D eigenvalue weighted by Crippen LogP contribution is 2.37. The van der Waals surface area contributed by atoms with Crippen LogP contribution in [-0.4, -0.2) is 58.2 Å². The predicted octanol–water partition coefficient (Wildman–Crippen LogP) is 5.10. The lowest BCUT2D eigenvalue weighted by Gasteiger charge is -2.11. The number of aromatic carboxylic acids is 1. The molecule has 4 aromatic rings. The predicted molar refractivity (Wildman–Crippen MR) is 129 cm³/mol. The number of H-pyrrole nitrogens is 1. The van der Waals surface area contributed by atoms with Crippen LogP contribution in [0, 0.1) is 0 Å². The number of aromatic amines is 1. The number of imidazole rings is 1. The third kappa shape index (κ3) is 5.22. The Kier molecular flexibility index (Phi) is 6.72. The van der Waals surface area contributed by atoms with Crippen LogP contribution >= 0.6 is 11.6 Å². The lowest BCUT2D eigenvalue weighted by atomic mass is 10.0. The molecule has 33 heavy (non-hydrogen) atoms. The number of halogens is 1. The van der Waals surface area contributed by atoms with Gasteiger partial charge in [-0.2, -0.15) is 0 Å². The second kappa shape index (κ2) is 9.85. The van der Waals surface area contributed by atoms with Crippen LogP contribution in [0.15, 0.2) is 67.0 Å². The van der Waals surface area contributed by atoms with Crippen molar-refractivity contribution in [2.45, 2.75) is 0 Å². The van der Waals surface area contributed by atoms with Gasteiger partial charge in [-0.05, 0) is 68.7 Å². The molecule has 2 aromatic carbocycles. The molecule has 4 rings (SSSR count). The number of nitrogens with one attached hydrogen (secondary N) is 1. The van der Waals surface area contributed by atoms with Gasteiger partial charge in [0.1, 0.15) is 18.2 Å². The van der Waals surface area contributed by atoms with Crippen molar-refractivity contribution in [2.75, 3.05) is 27.2 Å². The Morgan fingerprint density at radius 1 is 1.06 bits per heavy atom. The van der Waals surface area contributed by atoms with Crippen LogP contribution in [0.5, 0.6) is 5.75 Å². The third-order valence-corrected chi connectivity index (χ3v) is 5.40. The largest absolute Gasteiger partial charge is 0.492 e. The van der Waals surface area contributed by atoms with Crippen molar-refractivity contribution in [3.05, 3.63) is 77.6 Å². The zero-order valence-corrected chi connectivity index (χ0v) is 19.0. The van der Waals surface area contributed by atoms with E-state index in [0.717, 1.165) is 23.4 Å². The van der Waals surface area contributed by atoms with E-state index in [1.54, 1.807) is 24.5 Å². The molecule has 0 unspecified atom stereocenters. The third-order valence-electron chi connectivity index (χ3n) is 5.08. The molecule has 7 nitrogen and oxygen atoms in total. The molecule has 0 radical (unpaired) electrons. The average molecular weight is 463 g/mol. The summed E-state index contributed by atoms with van der Waals surface area (Å²) >= 11 is 6.47. The first-order valence-electron chi connectivity index (χ1n) is 10.3. The number of carboxylic acids is 1. The molecule has 2 heterocycles. The summed E-state index contributed by atoms with van der Waals surface area (Å²) in [6, 6.07) is 16.0. The molecule has 0 saturated heterocycles. The highest BCUT2D eigenvalue weighted by atomic mass is 35.5. The zero-order valence-electron chi connectivity index (χ0n) is 18.2. The minimum Gasteiger partial charge on any atom is -0.492 e. The van der Waals surface area contributed by atoms with Gasteiger partial charge in [-0.3, -0.25) is 4.98 Å². The number of carboxylic acid groups (broad SMARTS) is 1. The Morgan fingerprint density at radius 3 is 2.45 bits per heavy atom. The maximum Gasteiger partial charge on any atom is 0.335 e. The summed E-state index contributed by atoms with van der Waals surface area (Å²) in [5.41, 5.74) is 3.69. The summed E-state index contributed by atoms with van der Waals surface area (Å²) in [7, 11) is 4.00. The van der Waals surface area contributed by atoms with Crippen molar-refractivity contribution in [3.8, 4) is 39.7 Å². The monoisotopic (exact) mass is 462 g/mol. The van der Waals surface area contributed by atoms with E-state index in [9.17, 15) is 9.90 Å². The quantitative estimate of drug-likeness (QED) is 0.378. The topological polar surface area (TPSA) is 91.3 Å². The Hall–Kier alpha value is -3.68. The Labute approximate surface area is 196 Å². The van der Waals surface area contributed by atoms with E-state index < -0.39 is 5.97 Å². The molecule has 0 saturated carbocycles. The maximum atomic E-state index is 11.5. The van der Waals surface area contributed by atoms with Crippen LogP contribution < -0.4 is 4.74 Å². The number of hydrogen-bond acceptors (Lipinski definition) is 5. The number of likely N-dealkylation sites (N-methyl/N-ethyl adjacent to an activating group) is 1. The molecule has 0 aliphatic rings. The van der Waals surface area contributed by atoms with Crippen molar-refractivity contribution in [1.29, 1.82) is 0 Å². The summed E-state index contributed by atoms with van der Waals surface area (Å²) in [5.74, 6) is 0.385. The highest BCUT2D eigenvalue weighted by Gasteiger charge is 2.19. The Bertz CT molecular complexity index is 1250. The smallest absolute Gasteiger partial charge is 0.335 e. The van der Waals surface area contributed by atoms with Crippen LogP contribution in [0.1, 0.15) is 10.4 Å². The van der Waals surface area contributed by atoms with Gasteiger partial charge < -0.3 is 19.7 Å². The van der Waals surface area contributed by atoms with Crippen molar-refractivity contribution >= 4 is 17.6 Å². The summed E-state index contributed by atoms with van der Waals surface area (Å²) in [4.78, 5) is 25.8. The number of nitrogens with zero attached hydrogens (tertiary/aromatic N) is 3. The zero-order chi connectivity index (χ0) is 23.4. The van der Waals surface area contributed by atoms with Crippen molar-refractivity contribution in [3.63, 3.8) is 0 Å². The fourth-order valence-corrected chi connectivity index (χ4v) is 3.54. The molecule has 0 aliphatic carbocycles. The lowest BCUT2D eigenvalue weighted by Crippen LogP contribution is -2.19. The first-order valence-corrected chi connectivity index (χ1v) is 10.7. The van der Waals surface area contributed by atoms with Crippen molar-refractivity contribution < 1.29 is 14.6 Å². The normalized spacial score (nSPS) is 11.0. The number of aromatic nitrogens is 3. The first kappa shape index (κ1) is 22.5. The van der Waals surface area contributed by atoms with Crippen molar-refractivity contribution in [2.24, 2.45) is 0 Å². The highest BCUT2D eigenvalue weighted by molar-refractivity contribution is 6.33. The minimum absolute atomic E-state index is 0.144. The fourth-order valence-electron chi connectivity index (χ4n) is 3.33. The van der Waals surface area contributed by atoms with Crippen LogP contribution in [0.3, 0.4) is 0 Å². The van der Waals surface area contributed by atoms with Crippen LogP contribution in [0.25, 0.3) is 33.9 Å². The van der Waals surface area contributed by atoms with Crippen LogP contribution in [0.2, 0.25) is 5.02 Å². The molecule has 0 atom stereocenters. The molecule has 0 amide bonds. The van der Waals surface area contributed by atoms with E-state index >= 15 is 0 Å². The van der Waals surface area contributed by atoms with Crippen LogP contribution in [0.4, 0.5) is 0 Å². The Morgan fingerprint density at radius 2 is 1.79 bits per heavy atom. The van der Waals surface area contributed by atoms with Crippen LogP contribution in [-0.2, 0) is 0 Å². The molecule has 2 aromatic heterocycles. The number of ether oxygens (including phenoxy) is 1. The van der Waals surface area contributed by atoms with E-state index in [1.165, 1.54) is 6.07 Å². The average Bonchev–Trinajstić information content (AvgIpc) is 3.25. The van der Waals surface area contributed by atoms with Gasteiger partial charge in [-0.15, -0.1) is 0 Å². The molecule has 0 aliphatic heterocycles. The SMILES string of the molecule is CN(C)CCOc1ccc(-c2nc(-c3ccncc3)c(-c3cc(C(=O)O)ccc3Cl)[nH]2)cc1. The van der Waals surface area contributed by atoms with Gasteiger partial charge in [-0.25, -0.2) is 9.78 Å². The Balaban J connectivity index is 1.74. The van der Waals surface area contributed by atoms with Gasteiger partial charge in [0.05, 0.1) is 22.0 Å². The number of benzene rings is 2. The number of pyridine rings is 1.